The van der Waals surface area contributed by atoms with Gasteiger partial charge in [0.15, 0.2) is 5.82 Å². The number of aromatic nitrogens is 2. The van der Waals surface area contributed by atoms with Gasteiger partial charge in [-0.3, -0.25) is 19.4 Å². The average molecular weight is 684 g/mol. The maximum atomic E-state index is 14.4. The Bertz CT molecular complexity index is 1940. The Morgan fingerprint density at radius 1 is 0.940 bits per heavy atom. The van der Waals surface area contributed by atoms with Crippen molar-refractivity contribution in [3.63, 3.8) is 0 Å². The number of piperazine rings is 1. The Morgan fingerprint density at radius 3 is 2.38 bits per heavy atom. The molecule has 13 heteroatoms. The average Bonchev–Trinajstić information content (AvgIpc) is 3.87. The van der Waals surface area contributed by atoms with Crippen LogP contribution in [0.4, 0.5) is 20.6 Å². The minimum Gasteiger partial charge on any atom is -0.497 e. The number of para-hydroxylation sites is 1. The minimum absolute atomic E-state index is 0.0673. The first-order valence-corrected chi connectivity index (χ1v) is 17.2. The minimum atomic E-state index is -0.819. The van der Waals surface area contributed by atoms with Crippen molar-refractivity contribution >= 4 is 34.2 Å². The van der Waals surface area contributed by atoms with E-state index in [0.717, 1.165) is 32.2 Å². The van der Waals surface area contributed by atoms with Crippen LogP contribution >= 0.6 is 0 Å². The molecule has 0 spiro atoms. The van der Waals surface area contributed by atoms with E-state index in [0.29, 0.717) is 71.8 Å². The number of anilines is 2. The maximum absolute atomic E-state index is 14.4. The monoisotopic (exact) mass is 683 g/mol. The van der Waals surface area contributed by atoms with Crippen LogP contribution in [0.15, 0.2) is 71.5 Å². The lowest BCUT2D eigenvalue weighted by molar-refractivity contribution is -0.136. The molecule has 1 N–H and O–H groups in total. The zero-order chi connectivity index (χ0) is 34.9. The van der Waals surface area contributed by atoms with Crippen LogP contribution in [0.3, 0.4) is 0 Å². The third kappa shape index (κ3) is 6.45. The van der Waals surface area contributed by atoms with Gasteiger partial charge in [0.05, 0.1) is 56.0 Å². The Hall–Kier alpha value is -5.17. The van der Waals surface area contributed by atoms with Crippen LogP contribution in [0.25, 0.3) is 10.9 Å². The van der Waals surface area contributed by atoms with Crippen LogP contribution in [0.5, 0.6) is 11.5 Å². The van der Waals surface area contributed by atoms with E-state index in [4.69, 9.17) is 14.5 Å². The summed E-state index contributed by atoms with van der Waals surface area (Å²) in [4.78, 5) is 53.1. The summed E-state index contributed by atoms with van der Waals surface area (Å²) >= 11 is 0. The number of nitrogens with zero attached hydrogens (tertiary/aromatic N) is 6. The van der Waals surface area contributed by atoms with Crippen molar-refractivity contribution in [1.29, 1.82) is 0 Å². The SMILES string of the molecule is COc1ccc(N(C(=O)Nc2ccc(F)cc2)C(C)c2nc3ccccc3c(=O)n2N2CCN(C(=O)C3CCCN3C3CC3)CC2)c(OC)c1. The summed E-state index contributed by atoms with van der Waals surface area (Å²) in [6, 6.07) is 16.8. The van der Waals surface area contributed by atoms with Gasteiger partial charge in [0, 0.05) is 30.9 Å². The topological polar surface area (TPSA) is 112 Å². The first kappa shape index (κ1) is 33.3. The molecule has 0 radical (unpaired) electrons. The van der Waals surface area contributed by atoms with E-state index >= 15 is 0 Å². The number of fused-ring (bicyclic) bond motifs is 1. The summed E-state index contributed by atoms with van der Waals surface area (Å²) in [5.74, 6) is 0.959. The quantitative estimate of drug-likeness (QED) is 0.269. The van der Waals surface area contributed by atoms with Gasteiger partial charge in [-0.15, -0.1) is 0 Å². The summed E-state index contributed by atoms with van der Waals surface area (Å²) in [6.45, 7) is 4.52. The second-order valence-electron chi connectivity index (χ2n) is 13.0. The number of hydrogen-bond acceptors (Lipinski definition) is 8. The summed E-state index contributed by atoms with van der Waals surface area (Å²) in [6.07, 6.45) is 4.25. The summed E-state index contributed by atoms with van der Waals surface area (Å²) in [5.41, 5.74) is 1.01. The fourth-order valence-electron chi connectivity index (χ4n) is 7.22. The second-order valence-corrected chi connectivity index (χ2v) is 13.0. The number of carbonyl (C=O) groups excluding carboxylic acids is 2. The van der Waals surface area contributed by atoms with Crippen molar-refractivity contribution in [2.45, 2.75) is 50.7 Å². The lowest BCUT2D eigenvalue weighted by Gasteiger charge is -2.40. The van der Waals surface area contributed by atoms with Crippen LogP contribution in [-0.2, 0) is 4.79 Å². The number of urea groups is 1. The molecule has 3 heterocycles. The number of likely N-dealkylation sites (tertiary alicyclic amines) is 1. The van der Waals surface area contributed by atoms with Crippen molar-refractivity contribution < 1.29 is 23.5 Å². The van der Waals surface area contributed by atoms with E-state index in [1.807, 2.05) is 16.0 Å². The van der Waals surface area contributed by atoms with Crippen LogP contribution in [0.2, 0.25) is 0 Å². The van der Waals surface area contributed by atoms with Crippen molar-refractivity contribution in [3.8, 4) is 11.5 Å². The number of ether oxygens (including phenoxy) is 2. The predicted molar refractivity (Wildman–Crippen MR) is 189 cm³/mol. The largest absolute Gasteiger partial charge is 0.497 e. The van der Waals surface area contributed by atoms with Gasteiger partial charge in [-0.2, -0.15) is 0 Å². The Balaban J connectivity index is 1.25. The molecule has 0 bridgehead atoms. The zero-order valence-corrected chi connectivity index (χ0v) is 28.5. The van der Waals surface area contributed by atoms with E-state index in [-0.39, 0.29) is 17.5 Å². The number of amides is 3. The number of carbonyl (C=O) groups is 2. The Labute approximate surface area is 289 Å². The molecule has 1 saturated carbocycles. The molecule has 7 rings (SSSR count). The van der Waals surface area contributed by atoms with Crippen LogP contribution in [0, 0.1) is 5.82 Å². The lowest BCUT2D eigenvalue weighted by Crippen LogP contribution is -2.59. The number of nitrogens with one attached hydrogen (secondary N) is 1. The molecule has 3 fully saturated rings. The number of hydrogen-bond donors (Lipinski definition) is 1. The van der Waals surface area contributed by atoms with Crippen molar-refractivity contribution in [1.82, 2.24) is 19.5 Å². The first-order valence-electron chi connectivity index (χ1n) is 17.2. The van der Waals surface area contributed by atoms with Gasteiger partial charge >= 0.3 is 6.03 Å². The molecule has 3 aromatic carbocycles. The molecule has 3 amide bonds. The number of halogens is 1. The van der Waals surface area contributed by atoms with Crippen LogP contribution in [-0.4, -0.2) is 90.4 Å². The van der Waals surface area contributed by atoms with Gasteiger partial charge in [0.2, 0.25) is 5.91 Å². The molecular weight excluding hydrogens is 641 g/mol. The van der Waals surface area contributed by atoms with E-state index in [1.165, 1.54) is 43.4 Å². The molecule has 50 heavy (non-hydrogen) atoms. The lowest BCUT2D eigenvalue weighted by atomic mass is 10.1. The molecule has 2 atom stereocenters. The number of benzene rings is 3. The molecule has 1 aromatic heterocycles. The molecule has 2 saturated heterocycles. The van der Waals surface area contributed by atoms with E-state index < -0.39 is 17.9 Å². The van der Waals surface area contributed by atoms with Gasteiger partial charge in [-0.25, -0.2) is 18.8 Å². The third-order valence-corrected chi connectivity index (χ3v) is 9.95. The standard InChI is InChI=1S/C37H42FN7O5/c1-24(44(31-17-16-28(49-2)23-33(31)50-3)37(48)39-26-12-10-25(38)11-13-26)34-40-30-8-5-4-7-29(30)35(46)45(34)42-21-19-41(20-22-42)36(47)32-9-6-18-43(32)27-14-15-27/h4-5,7-8,10-13,16-17,23-24,27,32H,6,9,14-15,18-22H2,1-3H3,(H,39,48). The Morgan fingerprint density at radius 2 is 1.68 bits per heavy atom. The van der Waals surface area contributed by atoms with E-state index in [9.17, 15) is 18.8 Å². The molecule has 12 nitrogen and oxygen atoms in total. The van der Waals surface area contributed by atoms with E-state index in [2.05, 4.69) is 10.2 Å². The van der Waals surface area contributed by atoms with Gasteiger partial charge in [0.25, 0.3) is 5.56 Å². The maximum Gasteiger partial charge on any atom is 0.327 e. The smallest absolute Gasteiger partial charge is 0.327 e. The summed E-state index contributed by atoms with van der Waals surface area (Å²) < 4.78 is 26.4. The van der Waals surface area contributed by atoms with Crippen LogP contribution < -0.4 is 30.3 Å². The molecule has 4 aromatic rings. The van der Waals surface area contributed by atoms with Gasteiger partial charge in [-0.1, -0.05) is 12.1 Å². The molecule has 262 valence electrons. The fourth-order valence-corrected chi connectivity index (χ4v) is 7.22. The van der Waals surface area contributed by atoms with Crippen molar-refractivity contribution in [3.05, 3.63) is 88.7 Å². The number of methoxy groups -OCH3 is 2. The predicted octanol–water partition coefficient (Wildman–Crippen LogP) is 4.76. The third-order valence-electron chi connectivity index (χ3n) is 9.95. The molecular formula is C37H42FN7O5. The van der Waals surface area contributed by atoms with Crippen molar-refractivity contribution in [2.75, 3.05) is 62.2 Å². The van der Waals surface area contributed by atoms with Gasteiger partial charge < -0.3 is 24.7 Å². The molecule has 1 aliphatic carbocycles. The highest BCUT2D eigenvalue weighted by molar-refractivity contribution is 6.03. The fraction of sp³-hybridized carbons (Fsp3) is 0.405. The normalized spacial score (nSPS) is 18.6. The molecule has 2 aliphatic heterocycles. The molecule has 3 aliphatic rings. The number of rotatable bonds is 9. The zero-order valence-electron chi connectivity index (χ0n) is 28.5. The second kappa shape index (κ2) is 14.0. The van der Waals surface area contributed by atoms with E-state index in [1.54, 1.807) is 48.0 Å². The van der Waals surface area contributed by atoms with Gasteiger partial charge in [-0.05, 0) is 87.7 Å². The highest BCUT2D eigenvalue weighted by atomic mass is 19.1. The first-order chi connectivity index (χ1) is 24.3. The Kier molecular flexibility index (Phi) is 9.32. The van der Waals surface area contributed by atoms with Gasteiger partial charge in [0.1, 0.15) is 17.3 Å². The van der Waals surface area contributed by atoms with Crippen molar-refractivity contribution in [2.24, 2.45) is 0 Å². The molecule has 2 unspecified atom stereocenters. The highest BCUT2D eigenvalue weighted by Crippen LogP contribution is 2.38. The van der Waals surface area contributed by atoms with Crippen LogP contribution in [0.1, 0.15) is 44.5 Å². The highest BCUT2D eigenvalue weighted by Gasteiger charge is 2.42. The summed E-state index contributed by atoms with van der Waals surface area (Å²) in [5, 5.41) is 5.23. The summed E-state index contributed by atoms with van der Waals surface area (Å²) in [7, 11) is 3.04.